The van der Waals surface area contributed by atoms with Gasteiger partial charge in [-0.05, 0) is 24.8 Å². The Morgan fingerprint density at radius 1 is 1.53 bits per heavy atom. The molecule has 2 heterocycles. The van der Waals surface area contributed by atoms with Crippen molar-refractivity contribution in [3.05, 3.63) is 24.2 Å². The van der Waals surface area contributed by atoms with E-state index in [2.05, 4.69) is 6.92 Å². The van der Waals surface area contributed by atoms with Crippen LogP contribution in [0.15, 0.2) is 23.0 Å². The highest BCUT2D eigenvalue weighted by molar-refractivity contribution is 5.93. The Balaban J connectivity index is 1.93. The summed E-state index contributed by atoms with van der Waals surface area (Å²) >= 11 is 0. The molecule has 1 aromatic heterocycles. The van der Waals surface area contributed by atoms with E-state index in [1.807, 2.05) is 4.90 Å². The second-order valence-electron chi connectivity index (χ2n) is 4.16. The highest BCUT2D eigenvalue weighted by Gasteiger charge is 2.22. The van der Waals surface area contributed by atoms with E-state index in [0.29, 0.717) is 5.56 Å². The zero-order valence-electron chi connectivity index (χ0n) is 9.11. The molecule has 0 radical (unpaired) electrons. The predicted molar refractivity (Wildman–Crippen MR) is 57.6 cm³/mol. The monoisotopic (exact) mass is 207 g/mol. The van der Waals surface area contributed by atoms with Crippen molar-refractivity contribution in [3.63, 3.8) is 0 Å². The van der Waals surface area contributed by atoms with Gasteiger partial charge < -0.3 is 9.32 Å². The molecule has 1 aliphatic rings. The number of carbonyl (C=O) groups is 1. The van der Waals surface area contributed by atoms with Gasteiger partial charge in [0.15, 0.2) is 0 Å². The Labute approximate surface area is 90.1 Å². The molecule has 3 nitrogen and oxygen atoms in total. The molecule has 1 fully saturated rings. The molecular weight excluding hydrogens is 190 g/mol. The highest BCUT2D eigenvalue weighted by Crippen LogP contribution is 2.21. The first-order chi connectivity index (χ1) is 7.31. The molecule has 15 heavy (non-hydrogen) atoms. The Morgan fingerprint density at radius 3 is 2.80 bits per heavy atom. The highest BCUT2D eigenvalue weighted by atomic mass is 16.3. The smallest absolute Gasteiger partial charge is 0.257 e. The van der Waals surface area contributed by atoms with Crippen molar-refractivity contribution in [1.29, 1.82) is 0 Å². The molecule has 0 aromatic carbocycles. The third-order valence-corrected chi connectivity index (χ3v) is 3.25. The third-order valence-electron chi connectivity index (χ3n) is 3.25. The summed E-state index contributed by atoms with van der Waals surface area (Å²) in [6.07, 6.45) is 6.58. The first kappa shape index (κ1) is 10.3. The van der Waals surface area contributed by atoms with Crippen molar-refractivity contribution in [2.45, 2.75) is 26.2 Å². The minimum atomic E-state index is 0.110. The van der Waals surface area contributed by atoms with Gasteiger partial charge in [0.05, 0.1) is 11.8 Å². The summed E-state index contributed by atoms with van der Waals surface area (Å²) in [5.41, 5.74) is 0.671. The van der Waals surface area contributed by atoms with Gasteiger partial charge in [-0.3, -0.25) is 4.79 Å². The number of hydrogen-bond acceptors (Lipinski definition) is 2. The lowest BCUT2D eigenvalue weighted by atomic mass is 9.94. The van der Waals surface area contributed by atoms with Gasteiger partial charge >= 0.3 is 0 Å². The second kappa shape index (κ2) is 4.51. The first-order valence-corrected chi connectivity index (χ1v) is 5.62. The number of hydrogen-bond donors (Lipinski definition) is 0. The van der Waals surface area contributed by atoms with Crippen LogP contribution in [0, 0.1) is 5.92 Å². The molecule has 0 unspecified atom stereocenters. The Morgan fingerprint density at radius 2 is 2.27 bits per heavy atom. The molecule has 0 N–H and O–H groups in total. The van der Waals surface area contributed by atoms with E-state index in [4.69, 9.17) is 4.42 Å². The summed E-state index contributed by atoms with van der Waals surface area (Å²) in [6, 6.07) is 1.73. The minimum absolute atomic E-state index is 0.110. The molecular formula is C12H17NO2. The lowest BCUT2D eigenvalue weighted by Gasteiger charge is -2.31. The topological polar surface area (TPSA) is 33.5 Å². The summed E-state index contributed by atoms with van der Waals surface area (Å²) < 4.78 is 4.92. The Bertz CT molecular complexity index is 310. The lowest BCUT2D eigenvalue weighted by molar-refractivity contribution is 0.0688. The summed E-state index contributed by atoms with van der Waals surface area (Å²) in [4.78, 5) is 13.8. The van der Waals surface area contributed by atoms with E-state index >= 15 is 0 Å². The number of likely N-dealkylation sites (tertiary alicyclic amines) is 1. The fourth-order valence-corrected chi connectivity index (χ4v) is 2.11. The van der Waals surface area contributed by atoms with Gasteiger partial charge in [-0.1, -0.05) is 13.3 Å². The average molecular weight is 207 g/mol. The molecule has 0 aliphatic carbocycles. The van der Waals surface area contributed by atoms with Crippen molar-refractivity contribution in [2.24, 2.45) is 5.92 Å². The number of amides is 1. The molecule has 0 spiro atoms. The van der Waals surface area contributed by atoms with E-state index in [0.717, 1.165) is 31.8 Å². The zero-order valence-corrected chi connectivity index (χ0v) is 9.11. The van der Waals surface area contributed by atoms with E-state index in [9.17, 15) is 4.79 Å². The van der Waals surface area contributed by atoms with Gasteiger partial charge in [0.25, 0.3) is 5.91 Å². The van der Waals surface area contributed by atoms with Crippen LogP contribution in [0.5, 0.6) is 0 Å². The molecule has 0 saturated carbocycles. The van der Waals surface area contributed by atoms with Crippen LogP contribution in [0.1, 0.15) is 36.5 Å². The normalized spacial score (nSPS) is 18.1. The van der Waals surface area contributed by atoms with Crippen LogP contribution < -0.4 is 0 Å². The van der Waals surface area contributed by atoms with Crippen molar-refractivity contribution in [1.82, 2.24) is 4.90 Å². The molecule has 1 saturated heterocycles. The standard InChI is InChI=1S/C12H17NO2/c1-2-10-3-6-13(7-4-10)12(14)11-5-8-15-9-11/h5,8-10H,2-4,6-7H2,1H3. The average Bonchev–Trinajstić information content (AvgIpc) is 2.82. The van der Waals surface area contributed by atoms with Gasteiger partial charge in [-0.2, -0.15) is 0 Å². The summed E-state index contributed by atoms with van der Waals surface area (Å²) in [7, 11) is 0. The lowest BCUT2D eigenvalue weighted by Crippen LogP contribution is -2.38. The van der Waals surface area contributed by atoms with Gasteiger partial charge in [0.1, 0.15) is 6.26 Å². The maximum atomic E-state index is 11.9. The second-order valence-corrected chi connectivity index (χ2v) is 4.16. The van der Waals surface area contributed by atoms with Crippen LogP contribution in [-0.4, -0.2) is 23.9 Å². The Kier molecular flexibility index (Phi) is 3.09. The predicted octanol–water partition coefficient (Wildman–Crippen LogP) is 2.54. The number of furan rings is 1. The van der Waals surface area contributed by atoms with Crippen LogP contribution in [0.3, 0.4) is 0 Å². The quantitative estimate of drug-likeness (QED) is 0.746. The van der Waals surface area contributed by atoms with Crippen LogP contribution in [0.4, 0.5) is 0 Å². The van der Waals surface area contributed by atoms with Crippen LogP contribution in [0.25, 0.3) is 0 Å². The molecule has 1 aliphatic heterocycles. The fourth-order valence-electron chi connectivity index (χ4n) is 2.11. The Hall–Kier alpha value is -1.25. The minimum Gasteiger partial charge on any atom is -0.472 e. The van der Waals surface area contributed by atoms with Crippen molar-refractivity contribution in [2.75, 3.05) is 13.1 Å². The van der Waals surface area contributed by atoms with Crippen molar-refractivity contribution in [3.8, 4) is 0 Å². The van der Waals surface area contributed by atoms with Gasteiger partial charge in [-0.25, -0.2) is 0 Å². The molecule has 1 amide bonds. The number of piperidine rings is 1. The first-order valence-electron chi connectivity index (χ1n) is 5.62. The maximum absolute atomic E-state index is 11.9. The molecule has 82 valence electrons. The van der Waals surface area contributed by atoms with Crippen LogP contribution >= 0.6 is 0 Å². The van der Waals surface area contributed by atoms with Crippen LogP contribution in [0.2, 0.25) is 0 Å². The van der Waals surface area contributed by atoms with Gasteiger partial charge in [0.2, 0.25) is 0 Å². The summed E-state index contributed by atoms with van der Waals surface area (Å²) in [5, 5.41) is 0. The van der Waals surface area contributed by atoms with Gasteiger partial charge in [-0.15, -0.1) is 0 Å². The molecule has 1 aromatic rings. The van der Waals surface area contributed by atoms with E-state index < -0.39 is 0 Å². The zero-order chi connectivity index (χ0) is 10.7. The molecule has 0 bridgehead atoms. The van der Waals surface area contributed by atoms with E-state index in [1.165, 1.54) is 12.7 Å². The number of nitrogens with zero attached hydrogens (tertiary/aromatic N) is 1. The summed E-state index contributed by atoms with van der Waals surface area (Å²) in [6.45, 7) is 4.00. The maximum Gasteiger partial charge on any atom is 0.257 e. The third kappa shape index (κ3) is 2.22. The van der Waals surface area contributed by atoms with E-state index in [1.54, 1.807) is 12.3 Å². The van der Waals surface area contributed by atoms with Crippen molar-refractivity contribution >= 4 is 5.91 Å². The number of carbonyl (C=O) groups excluding carboxylic acids is 1. The molecule has 2 rings (SSSR count). The van der Waals surface area contributed by atoms with E-state index in [-0.39, 0.29) is 5.91 Å². The van der Waals surface area contributed by atoms with Crippen molar-refractivity contribution < 1.29 is 9.21 Å². The SMILES string of the molecule is CCC1CCN(C(=O)c2ccoc2)CC1. The number of rotatable bonds is 2. The largest absolute Gasteiger partial charge is 0.472 e. The molecule has 3 heteroatoms. The molecule has 0 atom stereocenters. The summed E-state index contributed by atoms with van der Waals surface area (Å²) in [5.74, 6) is 0.914. The van der Waals surface area contributed by atoms with Gasteiger partial charge in [0, 0.05) is 13.1 Å². The van der Waals surface area contributed by atoms with Crippen LogP contribution in [-0.2, 0) is 0 Å². The fraction of sp³-hybridized carbons (Fsp3) is 0.583.